The van der Waals surface area contributed by atoms with Crippen molar-refractivity contribution >= 4 is 29.1 Å². The number of aryl methyl sites for hydroxylation is 2. The van der Waals surface area contributed by atoms with E-state index in [9.17, 15) is 4.79 Å². The smallest absolute Gasteiger partial charge is 0.259 e. The lowest BCUT2D eigenvalue weighted by atomic mass is 10.0. The van der Waals surface area contributed by atoms with Crippen LogP contribution < -0.4 is 4.74 Å². The van der Waals surface area contributed by atoms with Gasteiger partial charge in [0, 0.05) is 13.6 Å². The highest BCUT2D eigenvalue weighted by molar-refractivity contribution is 6.37. The highest BCUT2D eigenvalue weighted by Crippen LogP contribution is 2.35. The van der Waals surface area contributed by atoms with Gasteiger partial charge in [0.2, 0.25) is 0 Å². The summed E-state index contributed by atoms with van der Waals surface area (Å²) >= 11 is 12.4. The maximum atomic E-state index is 13.0. The summed E-state index contributed by atoms with van der Waals surface area (Å²) in [4.78, 5) is 14.7. The van der Waals surface area contributed by atoms with E-state index in [4.69, 9.17) is 27.9 Å². The third-order valence-electron chi connectivity index (χ3n) is 4.21. The molecule has 0 spiro atoms. The number of aromatic nitrogens is 2. The molecule has 0 bridgehead atoms. The average Bonchev–Trinajstić information content (AvgIpc) is 2.82. The summed E-state index contributed by atoms with van der Waals surface area (Å²) in [6.45, 7) is 3.11. The molecule has 0 saturated heterocycles. The maximum Gasteiger partial charge on any atom is 0.259 e. The number of hydrogen-bond donors (Lipinski definition) is 0. The van der Waals surface area contributed by atoms with Gasteiger partial charge in [-0.05, 0) is 31.0 Å². The average molecular weight is 354 g/mol. The van der Waals surface area contributed by atoms with Crippen molar-refractivity contribution in [3.63, 3.8) is 0 Å². The number of ether oxygens (including phenoxy) is 1. The van der Waals surface area contributed by atoms with Crippen molar-refractivity contribution in [2.45, 2.75) is 19.9 Å². The molecule has 1 aliphatic heterocycles. The Morgan fingerprint density at radius 2 is 2.00 bits per heavy atom. The van der Waals surface area contributed by atoms with Gasteiger partial charge >= 0.3 is 0 Å². The Morgan fingerprint density at radius 3 is 2.70 bits per heavy atom. The number of carbonyl (C=O) groups is 1. The second-order valence-corrected chi connectivity index (χ2v) is 6.36. The van der Waals surface area contributed by atoms with E-state index in [0.29, 0.717) is 34.4 Å². The zero-order chi connectivity index (χ0) is 16.7. The van der Waals surface area contributed by atoms with E-state index >= 15 is 0 Å². The van der Waals surface area contributed by atoms with Gasteiger partial charge in [-0.2, -0.15) is 5.10 Å². The number of hydrogen-bond acceptors (Lipinski definition) is 3. The van der Waals surface area contributed by atoms with Crippen LogP contribution in [-0.2, 0) is 20.0 Å². The molecule has 3 rings (SSSR count). The number of fused-ring (bicyclic) bond motifs is 1. The number of methoxy groups -OCH3 is 1. The van der Waals surface area contributed by atoms with Gasteiger partial charge in [-0.1, -0.05) is 23.2 Å². The highest BCUT2D eigenvalue weighted by atomic mass is 35.5. The Balaban J connectivity index is 1.97. The van der Waals surface area contributed by atoms with Crippen molar-refractivity contribution in [3.05, 3.63) is 44.7 Å². The Hall–Kier alpha value is -1.72. The number of halogens is 2. The minimum Gasteiger partial charge on any atom is -0.494 e. The topological polar surface area (TPSA) is 47.4 Å². The molecule has 7 heteroatoms. The number of carbonyl (C=O) groups excluding carboxylic acids is 1. The molecule has 23 heavy (non-hydrogen) atoms. The summed E-state index contributed by atoms with van der Waals surface area (Å²) in [5, 5.41) is 5.14. The first kappa shape index (κ1) is 16.1. The molecular weight excluding hydrogens is 337 g/mol. The van der Waals surface area contributed by atoms with E-state index < -0.39 is 0 Å². The van der Waals surface area contributed by atoms with Crippen molar-refractivity contribution in [1.29, 1.82) is 0 Å². The summed E-state index contributed by atoms with van der Waals surface area (Å²) in [7, 11) is 3.37. The van der Waals surface area contributed by atoms with Crippen LogP contribution in [0.3, 0.4) is 0 Å². The van der Waals surface area contributed by atoms with Gasteiger partial charge in [0.25, 0.3) is 5.91 Å². The lowest BCUT2D eigenvalue weighted by Gasteiger charge is -2.28. The second-order valence-electron chi connectivity index (χ2n) is 5.55. The largest absolute Gasteiger partial charge is 0.494 e. The molecule has 2 heterocycles. The monoisotopic (exact) mass is 353 g/mol. The van der Waals surface area contributed by atoms with Crippen LogP contribution in [0, 0.1) is 6.92 Å². The van der Waals surface area contributed by atoms with Crippen molar-refractivity contribution in [2.24, 2.45) is 7.05 Å². The molecule has 1 aromatic heterocycles. The molecule has 1 aromatic carbocycles. The predicted molar refractivity (Wildman–Crippen MR) is 89.4 cm³/mol. The first-order valence-corrected chi connectivity index (χ1v) is 8.02. The second kappa shape index (κ2) is 6.06. The van der Waals surface area contributed by atoms with Crippen LogP contribution >= 0.6 is 23.2 Å². The molecule has 2 aromatic rings. The lowest BCUT2D eigenvalue weighted by Crippen LogP contribution is -2.37. The number of rotatable bonds is 2. The van der Waals surface area contributed by atoms with Gasteiger partial charge in [-0.15, -0.1) is 0 Å². The maximum absolute atomic E-state index is 13.0. The van der Waals surface area contributed by atoms with Crippen LogP contribution in [0.4, 0.5) is 0 Å². The summed E-state index contributed by atoms with van der Waals surface area (Å²) in [5.41, 5.74) is 3.61. The van der Waals surface area contributed by atoms with Crippen molar-refractivity contribution in [3.8, 4) is 5.75 Å². The molecule has 0 aliphatic carbocycles. The van der Waals surface area contributed by atoms with Crippen LogP contribution in [0.1, 0.15) is 27.3 Å². The fourth-order valence-electron chi connectivity index (χ4n) is 3.04. The summed E-state index contributed by atoms with van der Waals surface area (Å²) in [6.07, 6.45) is 0.779. The van der Waals surface area contributed by atoms with Gasteiger partial charge in [0.05, 0.1) is 35.1 Å². The van der Waals surface area contributed by atoms with Crippen LogP contribution in [0.2, 0.25) is 10.0 Å². The zero-order valence-electron chi connectivity index (χ0n) is 13.2. The highest BCUT2D eigenvalue weighted by Gasteiger charge is 2.29. The fourth-order valence-corrected chi connectivity index (χ4v) is 3.51. The van der Waals surface area contributed by atoms with Crippen LogP contribution in [-0.4, -0.2) is 34.2 Å². The van der Waals surface area contributed by atoms with Gasteiger partial charge in [0.1, 0.15) is 5.56 Å². The first-order valence-electron chi connectivity index (χ1n) is 7.26. The molecule has 0 fully saturated rings. The first-order chi connectivity index (χ1) is 10.9. The van der Waals surface area contributed by atoms with Crippen molar-refractivity contribution in [1.82, 2.24) is 14.7 Å². The summed E-state index contributed by atoms with van der Waals surface area (Å²) in [5.74, 6) is 0.134. The Bertz CT molecular complexity index is 786. The number of amides is 1. The summed E-state index contributed by atoms with van der Waals surface area (Å²) < 4.78 is 7.12. The zero-order valence-corrected chi connectivity index (χ0v) is 14.7. The number of benzene rings is 1. The Labute approximate surface area is 144 Å². The molecule has 0 N–H and O–H groups in total. The van der Waals surface area contributed by atoms with Gasteiger partial charge in [0.15, 0.2) is 5.75 Å². The molecule has 122 valence electrons. The molecular formula is C16H17Cl2N3O2. The molecule has 0 unspecified atom stereocenters. The third kappa shape index (κ3) is 2.68. The number of nitrogens with zero attached hydrogens (tertiary/aromatic N) is 3. The molecule has 0 atom stereocenters. The molecule has 5 nitrogen and oxygen atoms in total. The third-order valence-corrected chi connectivity index (χ3v) is 4.82. The van der Waals surface area contributed by atoms with Crippen LogP contribution in [0.15, 0.2) is 12.1 Å². The van der Waals surface area contributed by atoms with E-state index in [1.54, 1.807) is 17.0 Å². The van der Waals surface area contributed by atoms with Gasteiger partial charge in [-0.3, -0.25) is 9.48 Å². The van der Waals surface area contributed by atoms with E-state index in [0.717, 1.165) is 17.8 Å². The minimum atomic E-state index is -0.182. The standard InChI is InChI=1S/C16H17Cl2N3O2/c1-9-10-6-7-21(8-13(10)20(2)19-9)16(22)14-11(17)4-5-12(18)15(14)23-3/h4-5H,6-8H2,1-3H3. The van der Waals surface area contributed by atoms with E-state index in [1.807, 2.05) is 18.7 Å². The fraction of sp³-hybridized carbons (Fsp3) is 0.375. The van der Waals surface area contributed by atoms with Crippen molar-refractivity contribution in [2.75, 3.05) is 13.7 Å². The van der Waals surface area contributed by atoms with E-state index in [2.05, 4.69) is 5.10 Å². The van der Waals surface area contributed by atoms with Gasteiger partial charge in [-0.25, -0.2) is 0 Å². The van der Waals surface area contributed by atoms with Gasteiger partial charge < -0.3 is 9.64 Å². The predicted octanol–water partition coefficient (Wildman–Crippen LogP) is 3.24. The van der Waals surface area contributed by atoms with Crippen molar-refractivity contribution < 1.29 is 9.53 Å². The Morgan fingerprint density at radius 1 is 1.30 bits per heavy atom. The van der Waals surface area contributed by atoms with E-state index in [-0.39, 0.29) is 5.91 Å². The van der Waals surface area contributed by atoms with Crippen LogP contribution in [0.25, 0.3) is 0 Å². The normalized spacial score (nSPS) is 13.9. The molecule has 0 saturated carbocycles. The molecule has 1 aliphatic rings. The lowest BCUT2D eigenvalue weighted by molar-refractivity contribution is 0.0727. The quantitative estimate of drug-likeness (QED) is 0.832. The van der Waals surface area contributed by atoms with Crippen LogP contribution in [0.5, 0.6) is 5.75 Å². The molecule has 1 amide bonds. The summed E-state index contributed by atoms with van der Waals surface area (Å²) in [6, 6.07) is 3.24. The minimum absolute atomic E-state index is 0.182. The SMILES string of the molecule is COc1c(Cl)ccc(Cl)c1C(=O)N1CCc2c(C)nn(C)c2C1. The Kier molecular flexibility index (Phi) is 4.25. The molecule has 0 radical (unpaired) electrons. The van der Waals surface area contributed by atoms with E-state index in [1.165, 1.54) is 12.7 Å².